The first kappa shape index (κ1) is 14.8. The number of aromatic nitrogens is 1. The van der Waals surface area contributed by atoms with Gasteiger partial charge in [0.05, 0.1) is 13.3 Å². The van der Waals surface area contributed by atoms with E-state index in [1.165, 1.54) is 0 Å². The van der Waals surface area contributed by atoms with Crippen molar-refractivity contribution < 1.29 is 4.74 Å². The number of methoxy groups -OCH3 is 1. The van der Waals surface area contributed by atoms with Gasteiger partial charge in [0.2, 0.25) is 0 Å². The number of rotatable bonds is 7. The third-order valence-corrected chi connectivity index (χ3v) is 2.67. The molecule has 102 valence electrons. The fraction of sp³-hybridized carbons (Fsp3) is 0.643. The molecule has 4 nitrogen and oxygen atoms in total. The molecule has 0 spiro atoms. The summed E-state index contributed by atoms with van der Waals surface area (Å²) in [5, 5.41) is 3.48. The lowest BCUT2D eigenvalue weighted by molar-refractivity contribution is 0.356. The number of nitrogens with zero attached hydrogens (tertiary/aromatic N) is 2. The van der Waals surface area contributed by atoms with Gasteiger partial charge in [-0.1, -0.05) is 13.8 Å². The maximum Gasteiger partial charge on any atom is 0.137 e. The molecule has 0 saturated heterocycles. The van der Waals surface area contributed by atoms with Crippen molar-refractivity contribution in [1.82, 2.24) is 9.88 Å². The van der Waals surface area contributed by atoms with Crippen molar-refractivity contribution in [1.29, 1.82) is 0 Å². The van der Waals surface area contributed by atoms with Crippen LogP contribution in [0.1, 0.15) is 20.3 Å². The van der Waals surface area contributed by atoms with Crippen LogP contribution in [0, 0.1) is 5.92 Å². The summed E-state index contributed by atoms with van der Waals surface area (Å²) in [6, 6.07) is 4.31. The Morgan fingerprint density at radius 1 is 1.33 bits per heavy atom. The number of ether oxygens (including phenoxy) is 1. The largest absolute Gasteiger partial charge is 0.495 e. The lowest BCUT2D eigenvalue weighted by Gasteiger charge is -2.24. The Kier molecular flexibility index (Phi) is 5.92. The highest BCUT2D eigenvalue weighted by molar-refractivity contribution is 5.38. The summed E-state index contributed by atoms with van der Waals surface area (Å²) < 4.78 is 5.10. The second kappa shape index (κ2) is 7.21. The molecule has 0 aliphatic rings. The van der Waals surface area contributed by atoms with Gasteiger partial charge in [-0.3, -0.25) is 0 Å². The molecule has 1 aromatic heterocycles. The van der Waals surface area contributed by atoms with Gasteiger partial charge in [0.25, 0.3) is 0 Å². The number of anilines is 1. The molecule has 0 fully saturated rings. The summed E-state index contributed by atoms with van der Waals surface area (Å²) in [5.74, 6) is 2.36. The number of hydrogen-bond donors (Lipinski definition) is 1. The summed E-state index contributed by atoms with van der Waals surface area (Å²) in [7, 11) is 5.84. The van der Waals surface area contributed by atoms with Gasteiger partial charge < -0.3 is 15.0 Å². The molecular formula is C14H25N3O. The van der Waals surface area contributed by atoms with Crippen molar-refractivity contribution in [3.63, 3.8) is 0 Å². The molecule has 0 radical (unpaired) electrons. The second-order valence-electron chi connectivity index (χ2n) is 5.32. The van der Waals surface area contributed by atoms with Gasteiger partial charge in [-0.15, -0.1) is 0 Å². The van der Waals surface area contributed by atoms with Crippen molar-refractivity contribution in [2.75, 3.05) is 33.1 Å². The van der Waals surface area contributed by atoms with Gasteiger partial charge in [-0.25, -0.2) is 4.98 Å². The van der Waals surface area contributed by atoms with E-state index in [4.69, 9.17) is 4.74 Å². The van der Waals surface area contributed by atoms with E-state index in [9.17, 15) is 0 Å². The summed E-state index contributed by atoms with van der Waals surface area (Å²) in [5.41, 5.74) is 0. The zero-order valence-corrected chi connectivity index (χ0v) is 12.1. The Balaban J connectivity index is 2.62. The molecule has 0 aliphatic heterocycles. The van der Waals surface area contributed by atoms with Gasteiger partial charge in [0.15, 0.2) is 0 Å². The summed E-state index contributed by atoms with van der Waals surface area (Å²) in [6.07, 6.45) is 2.87. The minimum absolute atomic E-state index is 0.417. The smallest absolute Gasteiger partial charge is 0.137 e. The molecule has 0 amide bonds. The predicted molar refractivity (Wildman–Crippen MR) is 76.2 cm³/mol. The minimum Gasteiger partial charge on any atom is -0.495 e. The number of nitrogens with one attached hydrogen (secondary N) is 1. The van der Waals surface area contributed by atoms with E-state index in [0.29, 0.717) is 12.0 Å². The van der Waals surface area contributed by atoms with Gasteiger partial charge >= 0.3 is 0 Å². The summed E-state index contributed by atoms with van der Waals surface area (Å²) in [4.78, 5) is 6.55. The van der Waals surface area contributed by atoms with Crippen molar-refractivity contribution in [3.05, 3.63) is 18.3 Å². The molecule has 0 saturated carbocycles. The van der Waals surface area contributed by atoms with Crippen LogP contribution in [0.2, 0.25) is 0 Å². The van der Waals surface area contributed by atoms with Gasteiger partial charge in [0, 0.05) is 12.6 Å². The maximum absolute atomic E-state index is 5.10. The highest BCUT2D eigenvalue weighted by atomic mass is 16.5. The van der Waals surface area contributed by atoms with Gasteiger partial charge in [-0.05, 0) is 38.6 Å². The van der Waals surface area contributed by atoms with E-state index in [1.54, 1.807) is 13.3 Å². The zero-order valence-electron chi connectivity index (χ0n) is 12.1. The Morgan fingerprint density at radius 2 is 2.06 bits per heavy atom. The molecule has 0 bridgehead atoms. The maximum atomic E-state index is 5.10. The highest BCUT2D eigenvalue weighted by Gasteiger charge is 2.12. The van der Waals surface area contributed by atoms with Crippen LogP contribution in [0.15, 0.2) is 18.3 Å². The van der Waals surface area contributed by atoms with Crippen LogP contribution in [0.3, 0.4) is 0 Å². The molecule has 1 heterocycles. The standard InChI is InChI=1S/C14H25N3O/c1-11(2)8-12(10-17(3)4)16-14-7-6-13(18-5)9-15-14/h6-7,9,11-12H,8,10H2,1-5H3,(H,15,16). The zero-order chi connectivity index (χ0) is 13.5. The lowest BCUT2D eigenvalue weighted by Crippen LogP contribution is -2.33. The average Bonchev–Trinajstić information content (AvgIpc) is 2.28. The van der Waals surface area contributed by atoms with Crippen molar-refractivity contribution >= 4 is 5.82 Å². The molecule has 18 heavy (non-hydrogen) atoms. The molecule has 1 unspecified atom stereocenters. The number of pyridine rings is 1. The second-order valence-corrected chi connectivity index (χ2v) is 5.32. The first-order chi connectivity index (χ1) is 8.51. The molecule has 0 aliphatic carbocycles. The molecule has 1 rings (SSSR count). The van der Waals surface area contributed by atoms with Crippen molar-refractivity contribution in [2.45, 2.75) is 26.3 Å². The average molecular weight is 251 g/mol. The SMILES string of the molecule is COc1ccc(NC(CC(C)C)CN(C)C)nc1. The first-order valence-corrected chi connectivity index (χ1v) is 6.42. The van der Waals surface area contributed by atoms with Crippen molar-refractivity contribution in [2.24, 2.45) is 5.92 Å². The minimum atomic E-state index is 0.417. The molecule has 0 aromatic carbocycles. The Labute approximate surface area is 110 Å². The van der Waals surface area contributed by atoms with Crippen LogP contribution in [-0.4, -0.2) is 43.7 Å². The first-order valence-electron chi connectivity index (χ1n) is 6.42. The summed E-state index contributed by atoms with van der Waals surface area (Å²) in [6.45, 7) is 5.49. The van der Waals surface area contributed by atoms with E-state index >= 15 is 0 Å². The summed E-state index contributed by atoms with van der Waals surface area (Å²) >= 11 is 0. The fourth-order valence-electron chi connectivity index (χ4n) is 1.98. The molecular weight excluding hydrogens is 226 g/mol. The van der Waals surface area contributed by atoms with E-state index < -0.39 is 0 Å². The van der Waals surface area contributed by atoms with Crippen LogP contribution < -0.4 is 10.1 Å². The van der Waals surface area contributed by atoms with Crippen LogP contribution in [-0.2, 0) is 0 Å². The van der Waals surface area contributed by atoms with E-state index in [1.807, 2.05) is 12.1 Å². The number of likely N-dealkylation sites (N-methyl/N-ethyl adjacent to an activating group) is 1. The van der Waals surface area contributed by atoms with Crippen LogP contribution >= 0.6 is 0 Å². The molecule has 1 aromatic rings. The van der Waals surface area contributed by atoms with Crippen molar-refractivity contribution in [3.8, 4) is 5.75 Å². The lowest BCUT2D eigenvalue weighted by atomic mass is 10.0. The van der Waals surface area contributed by atoms with E-state index in [2.05, 4.69) is 43.1 Å². The topological polar surface area (TPSA) is 37.4 Å². The molecule has 1 atom stereocenters. The third-order valence-electron chi connectivity index (χ3n) is 2.67. The van der Waals surface area contributed by atoms with Crippen LogP contribution in [0.5, 0.6) is 5.75 Å². The van der Waals surface area contributed by atoms with Gasteiger partial charge in [0.1, 0.15) is 11.6 Å². The van der Waals surface area contributed by atoms with Gasteiger partial charge in [-0.2, -0.15) is 0 Å². The Hall–Kier alpha value is -1.29. The highest BCUT2D eigenvalue weighted by Crippen LogP contribution is 2.15. The third kappa shape index (κ3) is 5.36. The fourth-order valence-corrected chi connectivity index (χ4v) is 1.98. The normalized spacial score (nSPS) is 12.8. The molecule has 4 heteroatoms. The molecule has 1 N–H and O–H groups in total. The Morgan fingerprint density at radius 3 is 2.50 bits per heavy atom. The predicted octanol–water partition coefficient (Wildman–Crippen LogP) is 2.48. The van der Waals surface area contributed by atoms with Crippen LogP contribution in [0.4, 0.5) is 5.82 Å². The quantitative estimate of drug-likeness (QED) is 0.808. The monoisotopic (exact) mass is 251 g/mol. The van der Waals surface area contributed by atoms with Crippen LogP contribution in [0.25, 0.3) is 0 Å². The van der Waals surface area contributed by atoms with E-state index in [-0.39, 0.29) is 0 Å². The number of hydrogen-bond acceptors (Lipinski definition) is 4. The van der Waals surface area contributed by atoms with E-state index in [0.717, 1.165) is 24.5 Å². The Bertz CT molecular complexity index is 325.